The summed E-state index contributed by atoms with van der Waals surface area (Å²) in [6, 6.07) is 16.7. The maximum atomic E-state index is 13.8. The van der Waals surface area contributed by atoms with Gasteiger partial charge in [-0.05, 0) is 109 Å². The largest absolute Gasteiger partial charge is 0.465 e. The van der Waals surface area contributed by atoms with Crippen LogP contribution in [0.3, 0.4) is 0 Å². The van der Waals surface area contributed by atoms with Crippen molar-refractivity contribution in [2.75, 3.05) is 19.7 Å². The normalized spacial score (nSPS) is 17.5. The molecular weight excluding hydrogens is 661 g/mol. The van der Waals surface area contributed by atoms with E-state index in [9.17, 15) is 4.79 Å². The maximum Gasteiger partial charge on any atom is 0.320 e. The van der Waals surface area contributed by atoms with Gasteiger partial charge in [-0.25, -0.2) is 0 Å². The van der Waals surface area contributed by atoms with Gasteiger partial charge >= 0.3 is 5.97 Å². The molecule has 3 unspecified atom stereocenters. The molecule has 2 aromatic carbocycles. The molecule has 0 spiro atoms. The van der Waals surface area contributed by atoms with Gasteiger partial charge in [0.25, 0.3) is 0 Å². The summed E-state index contributed by atoms with van der Waals surface area (Å²) in [6.45, 7) is 30.7. The number of carbonyl (C=O) groups is 1. The van der Waals surface area contributed by atoms with E-state index >= 15 is 0 Å². The van der Waals surface area contributed by atoms with Crippen LogP contribution >= 0.6 is 0 Å². The predicted molar refractivity (Wildman–Crippen MR) is 209 cm³/mol. The van der Waals surface area contributed by atoms with Gasteiger partial charge in [-0.15, -0.1) is 0 Å². The fraction of sp³-hybridized carbons (Fsp3) is 0.675. The molecule has 1 aliphatic heterocycles. The van der Waals surface area contributed by atoms with Gasteiger partial charge in [-0.1, -0.05) is 63.2 Å². The molecule has 0 radical (unpaired) electrons. The van der Waals surface area contributed by atoms with Crippen molar-refractivity contribution in [2.24, 2.45) is 5.41 Å². The van der Waals surface area contributed by atoms with Crippen LogP contribution in [0.4, 0.5) is 0 Å². The van der Waals surface area contributed by atoms with E-state index in [1.165, 1.54) is 11.1 Å². The van der Waals surface area contributed by atoms with E-state index in [-0.39, 0.29) is 24.2 Å². The average Bonchev–Trinajstić information content (AvgIpc) is 2.97. The molecule has 0 N–H and O–H groups in total. The van der Waals surface area contributed by atoms with Gasteiger partial charge in [0.1, 0.15) is 23.8 Å². The summed E-state index contributed by atoms with van der Waals surface area (Å²) >= 11 is 0. The Balaban J connectivity index is 2.19. The number of ether oxygens (including phenoxy) is 3. The minimum atomic E-state index is -2.23. The maximum absolute atomic E-state index is 13.8. The highest BCUT2D eigenvalue weighted by atomic mass is 28.4. The first-order valence-corrected chi connectivity index (χ1v) is 25.4. The van der Waals surface area contributed by atoms with Gasteiger partial charge in [-0.2, -0.15) is 0 Å². The topological polar surface area (TPSA) is 69.7 Å². The average molecular weight is 729 g/mol. The van der Waals surface area contributed by atoms with Crippen molar-refractivity contribution >= 4 is 22.6 Å². The van der Waals surface area contributed by atoms with Crippen molar-refractivity contribution in [1.29, 1.82) is 0 Å². The molecule has 2 aromatic rings. The second-order valence-electron chi connectivity index (χ2n) is 18.0. The zero-order valence-corrected chi connectivity index (χ0v) is 35.6. The van der Waals surface area contributed by atoms with Gasteiger partial charge in [0.2, 0.25) is 0 Å². The SMILES string of the molecule is Cc1ccccc1CN(CCC(C)(C)C)C(O[Si](C)(C)C)C(O[Si](C)(C)C)N(CC(=O)OC(C)(C)C)Cc1ccccc1OC1CCCCO1. The molecule has 1 fully saturated rings. The molecule has 0 bridgehead atoms. The zero-order chi connectivity index (χ0) is 37.3. The summed E-state index contributed by atoms with van der Waals surface area (Å²) < 4.78 is 32.9. The van der Waals surface area contributed by atoms with Crippen LogP contribution in [-0.2, 0) is 36.2 Å². The quantitative estimate of drug-likeness (QED) is 0.0907. The van der Waals surface area contributed by atoms with Crippen LogP contribution in [0, 0.1) is 12.3 Å². The molecule has 1 saturated heterocycles. The molecule has 282 valence electrons. The fourth-order valence-electron chi connectivity index (χ4n) is 5.82. The lowest BCUT2D eigenvalue weighted by atomic mass is 9.92. The van der Waals surface area contributed by atoms with Crippen molar-refractivity contribution < 1.29 is 27.9 Å². The number of esters is 1. The van der Waals surface area contributed by atoms with E-state index in [1.807, 2.05) is 39.0 Å². The highest BCUT2D eigenvalue weighted by Crippen LogP contribution is 2.31. The van der Waals surface area contributed by atoms with Crippen molar-refractivity contribution in [1.82, 2.24) is 9.80 Å². The van der Waals surface area contributed by atoms with E-state index in [1.54, 1.807) is 0 Å². The molecule has 1 heterocycles. The fourth-order valence-corrected chi connectivity index (χ4v) is 7.80. The number of hydrogen-bond donors (Lipinski definition) is 0. The number of rotatable bonds is 17. The number of hydrogen-bond acceptors (Lipinski definition) is 8. The Labute approximate surface area is 306 Å². The molecule has 8 nitrogen and oxygen atoms in total. The molecule has 0 aliphatic carbocycles. The summed E-state index contributed by atoms with van der Waals surface area (Å²) in [5.74, 6) is 0.454. The zero-order valence-electron chi connectivity index (χ0n) is 33.6. The third kappa shape index (κ3) is 15.7. The van der Waals surface area contributed by atoms with Gasteiger partial charge in [0.15, 0.2) is 22.9 Å². The van der Waals surface area contributed by atoms with Gasteiger partial charge in [0, 0.05) is 31.6 Å². The first kappa shape index (κ1) is 42.4. The smallest absolute Gasteiger partial charge is 0.320 e. The van der Waals surface area contributed by atoms with Crippen molar-refractivity contribution in [2.45, 2.75) is 151 Å². The van der Waals surface area contributed by atoms with E-state index in [0.717, 1.165) is 43.5 Å². The van der Waals surface area contributed by atoms with Crippen molar-refractivity contribution in [3.05, 3.63) is 65.2 Å². The second-order valence-corrected chi connectivity index (χ2v) is 26.9. The number of aryl methyl sites for hydroxylation is 1. The third-order valence-electron chi connectivity index (χ3n) is 8.19. The number of nitrogens with zero attached hydrogens (tertiary/aromatic N) is 2. The van der Waals surface area contributed by atoms with Gasteiger partial charge < -0.3 is 23.1 Å². The minimum absolute atomic E-state index is 0.0315. The van der Waals surface area contributed by atoms with Crippen LogP contribution in [0.1, 0.15) is 83.9 Å². The number of carbonyl (C=O) groups excluding carboxylic acids is 1. The van der Waals surface area contributed by atoms with Crippen LogP contribution in [0.5, 0.6) is 5.75 Å². The Kier molecular flexibility index (Phi) is 15.4. The van der Waals surface area contributed by atoms with Crippen LogP contribution in [0.25, 0.3) is 0 Å². The molecule has 3 rings (SSSR count). The first-order valence-electron chi connectivity index (χ1n) is 18.5. The number of benzene rings is 2. The van der Waals surface area contributed by atoms with Crippen molar-refractivity contribution in [3.8, 4) is 5.75 Å². The third-order valence-corrected chi connectivity index (χ3v) is 10.1. The molecule has 10 heteroatoms. The Bertz CT molecular complexity index is 1340. The molecule has 0 aromatic heterocycles. The second kappa shape index (κ2) is 18.1. The summed E-state index contributed by atoms with van der Waals surface area (Å²) in [5, 5.41) is 0. The molecule has 3 atom stereocenters. The standard InChI is InChI=1S/C40H68N2O6Si2/c1-31-20-14-15-21-32(31)28-41(26-25-39(2,3)4)37(47-49(8,9)10)38(48-50(11,12)13)42(30-35(43)46-40(5,6)7)29-33-22-16-17-23-34(33)45-36-24-18-19-27-44-36/h14-17,20-23,36-38H,18-19,24-30H2,1-13H3. The van der Waals surface area contributed by atoms with E-state index in [4.69, 9.17) is 23.1 Å². The number of para-hydroxylation sites is 1. The molecule has 0 saturated carbocycles. The van der Waals surface area contributed by atoms with Gasteiger partial charge in [0.05, 0.1) is 13.2 Å². The van der Waals surface area contributed by atoms with E-state index < -0.39 is 34.7 Å². The molecule has 1 aliphatic rings. The Morgan fingerprint density at radius 2 is 1.38 bits per heavy atom. The van der Waals surface area contributed by atoms with Crippen LogP contribution in [0.2, 0.25) is 39.3 Å². The summed E-state index contributed by atoms with van der Waals surface area (Å²) in [7, 11) is -4.40. The van der Waals surface area contributed by atoms with E-state index in [0.29, 0.717) is 19.7 Å². The lowest BCUT2D eigenvalue weighted by Crippen LogP contribution is -2.60. The lowest BCUT2D eigenvalue weighted by molar-refractivity contribution is -0.168. The van der Waals surface area contributed by atoms with Crippen molar-refractivity contribution in [3.63, 3.8) is 0 Å². The Morgan fingerprint density at radius 1 is 0.820 bits per heavy atom. The highest BCUT2D eigenvalue weighted by molar-refractivity contribution is 6.70. The summed E-state index contributed by atoms with van der Waals surface area (Å²) in [4.78, 5) is 18.4. The van der Waals surface area contributed by atoms with E-state index in [2.05, 4.69) is 107 Å². The monoisotopic (exact) mass is 728 g/mol. The molecular formula is C40H68N2O6Si2. The summed E-state index contributed by atoms with van der Waals surface area (Å²) in [5.41, 5.74) is 2.93. The Hall–Kier alpha value is -2.06. The Morgan fingerprint density at radius 3 is 1.92 bits per heavy atom. The molecule has 50 heavy (non-hydrogen) atoms. The lowest BCUT2D eigenvalue weighted by Gasteiger charge is -2.46. The summed E-state index contributed by atoms with van der Waals surface area (Å²) in [6.07, 6.45) is 2.64. The van der Waals surface area contributed by atoms with Gasteiger partial charge in [-0.3, -0.25) is 14.6 Å². The van der Waals surface area contributed by atoms with Crippen LogP contribution in [0.15, 0.2) is 48.5 Å². The molecule has 0 amide bonds. The van der Waals surface area contributed by atoms with Crippen LogP contribution in [-0.4, -0.2) is 76.4 Å². The first-order chi connectivity index (χ1) is 23.1. The minimum Gasteiger partial charge on any atom is -0.465 e. The van der Waals surface area contributed by atoms with Crippen LogP contribution < -0.4 is 4.74 Å². The predicted octanol–water partition coefficient (Wildman–Crippen LogP) is 9.34. The highest BCUT2D eigenvalue weighted by Gasteiger charge is 2.41.